The van der Waals surface area contributed by atoms with E-state index in [-0.39, 0.29) is 0 Å². The number of nitriles is 1. The van der Waals surface area contributed by atoms with Crippen LogP contribution < -0.4 is 5.73 Å². The summed E-state index contributed by atoms with van der Waals surface area (Å²) in [6.45, 7) is 0.486. The Morgan fingerprint density at radius 1 is 1.35 bits per heavy atom. The zero-order chi connectivity index (χ0) is 16.4. The standard InChI is InChI=1S/C16H14ClN5S/c1-21-7-6-20-15(21)10-22-12(9-18)8-14(19)16(22)23-13-4-2-11(17)3-5-13/h2-8H,10,19H2,1H3. The largest absolute Gasteiger partial charge is 0.397 e. The van der Waals surface area contributed by atoms with Crippen molar-refractivity contribution in [1.29, 1.82) is 5.26 Å². The first-order valence-electron chi connectivity index (χ1n) is 6.87. The van der Waals surface area contributed by atoms with Crippen LogP contribution in [-0.2, 0) is 13.6 Å². The van der Waals surface area contributed by atoms with Crippen molar-refractivity contribution in [2.45, 2.75) is 16.5 Å². The molecule has 0 bridgehead atoms. The number of nitrogens with zero attached hydrogens (tertiary/aromatic N) is 4. The molecule has 0 amide bonds. The molecular weight excluding hydrogens is 330 g/mol. The van der Waals surface area contributed by atoms with Gasteiger partial charge in [0.15, 0.2) is 0 Å². The molecule has 7 heteroatoms. The van der Waals surface area contributed by atoms with Crippen LogP contribution in [0, 0.1) is 11.3 Å². The number of rotatable bonds is 4. The molecule has 0 radical (unpaired) electrons. The fourth-order valence-electron chi connectivity index (χ4n) is 2.22. The lowest BCUT2D eigenvalue weighted by atomic mass is 10.4. The minimum absolute atomic E-state index is 0.486. The van der Waals surface area contributed by atoms with Crippen molar-refractivity contribution in [2.24, 2.45) is 7.05 Å². The highest BCUT2D eigenvalue weighted by molar-refractivity contribution is 7.99. The van der Waals surface area contributed by atoms with E-state index in [0.29, 0.717) is 22.9 Å². The van der Waals surface area contributed by atoms with Crippen molar-refractivity contribution < 1.29 is 0 Å². The second-order valence-corrected chi connectivity index (χ2v) is 6.50. The molecule has 5 nitrogen and oxygen atoms in total. The van der Waals surface area contributed by atoms with Gasteiger partial charge in [-0.1, -0.05) is 23.4 Å². The average molecular weight is 344 g/mol. The summed E-state index contributed by atoms with van der Waals surface area (Å²) in [5, 5.41) is 10.9. The molecule has 23 heavy (non-hydrogen) atoms. The van der Waals surface area contributed by atoms with Gasteiger partial charge in [0, 0.05) is 29.4 Å². The Labute approximate surface area is 143 Å². The van der Waals surface area contributed by atoms with Gasteiger partial charge in [0.1, 0.15) is 22.6 Å². The van der Waals surface area contributed by atoms with E-state index in [1.54, 1.807) is 12.3 Å². The number of imidazole rings is 1. The molecule has 2 N–H and O–H groups in total. The highest BCUT2D eigenvalue weighted by Gasteiger charge is 2.16. The van der Waals surface area contributed by atoms with Crippen LogP contribution in [-0.4, -0.2) is 14.1 Å². The summed E-state index contributed by atoms with van der Waals surface area (Å²) in [6.07, 6.45) is 3.61. The van der Waals surface area contributed by atoms with Crippen molar-refractivity contribution in [2.75, 3.05) is 5.73 Å². The first-order valence-corrected chi connectivity index (χ1v) is 8.06. The maximum atomic E-state index is 9.38. The summed E-state index contributed by atoms with van der Waals surface area (Å²) in [4.78, 5) is 5.33. The van der Waals surface area contributed by atoms with Gasteiger partial charge in [-0.05, 0) is 30.3 Å². The number of anilines is 1. The third-order valence-electron chi connectivity index (χ3n) is 3.44. The smallest absolute Gasteiger partial charge is 0.128 e. The number of aromatic nitrogens is 3. The summed E-state index contributed by atoms with van der Waals surface area (Å²) in [5.41, 5.74) is 7.21. The van der Waals surface area contributed by atoms with E-state index >= 15 is 0 Å². The molecule has 116 valence electrons. The van der Waals surface area contributed by atoms with Gasteiger partial charge in [-0.3, -0.25) is 0 Å². The summed E-state index contributed by atoms with van der Waals surface area (Å²) >= 11 is 7.43. The van der Waals surface area contributed by atoms with Crippen LogP contribution in [0.5, 0.6) is 0 Å². The Balaban J connectivity index is 1.99. The third-order valence-corrected chi connectivity index (χ3v) is 4.85. The molecule has 0 aliphatic rings. The molecule has 0 saturated carbocycles. The summed E-state index contributed by atoms with van der Waals surface area (Å²) in [7, 11) is 1.92. The van der Waals surface area contributed by atoms with E-state index in [9.17, 15) is 5.26 Å². The van der Waals surface area contributed by atoms with E-state index in [2.05, 4.69) is 11.1 Å². The lowest BCUT2D eigenvalue weighted by Gasteiger charge is -2.11. The van der Waals surface area contributed by atoms with E-state index in [0.717, 1.165) is 15.7 Å². The van der Waals surface area contributed by atoms with Crippen LogP contribution in [0.4, 0.5) is 5.69 Å². The van der Waals surface area contributed by atoms with Gasteiger partial charge >= 0.3 is 0 Å². The molecule has 3 aromatic rings. The van der Waals surface area contributed by atoms with Crippen molar-refractivity contribution >= 4 is 29.1 Å². The minimum Gasteiger partial charge on any atom is -0.397 e. The molecule has 0 aliphatic heterocycles. The highest BCUT2D eigenvalue weighted by Crippen LogP contribution is 2.35. The van der Waals surface area contributed by atoms with E-state index < -0.39 is 0 Å². The molecule has 3 rings (SSSR count). The molecule has 2 aromatic heterocycles. The van der Waals surface area contributed by atoms with Gasteiger partial charge in [-0.2, -0.15) is 5.26 Å². The van der Waals surface area contributed by atoms with Crippen LogP contribution in [0.25, 0.3) is 0 Å². The molecule has 0 unspecified atom stereocenters. The van der Waals surface area contributed by atoms with Crippen molar-refractivity contribution in [3.63, 3.8) is 0 Å². The molecule has 0 fully saturated rings. The Morgan fingerprint density at radius 3 is 2.70 bits per heavy atom. The Bertz CT molecular complexity index is 873. The van der Waals surface area contributed by atoms with Crippen molar-refractivity contribution in [1.82, 2.24) is 14.1 Å². The van der Waals surface area contributed by atoms with Gasteiger partial charge in [-0.25, -0.2) is 4.98 Å². The quantitative estimate of drug-likeness (QED) is 0.786. The lowest BCUT2D eigenvalue weighted by molar-refractivity contribution is 0.657. The maximum absolute atomic E-state index is 9.38. The third kappa shape index (κ3) is 3.21. The van der Waals surface area contributed by atoms with E-state index in [1.807, 2.05) is 46.6 Å². The predicted octanol–water partition coefficient (Wildman–Crippen LogP) is 3.53. The van der Waals surface area contributed by atoms with Crippen LogP contribution in [0.3, 0.4) is 0 Å². The summed E-state index contributed by atoms with van der Waals surface area (Å²) < 4.78 is 3.81. The number of hydrogen-bond donors (Lipinski definition) is 1. The zero-order valence-electron chi connectivity index (χ0n) is 12.4. The molecular formula is C16H14ClN5S. The second-order valence-electron chi connectivity index (χ2n) is 5.00. The zero-order valence-corrected chi connectivity index (χ0v) is 14.0. The topological polar surface area (TPSA) is 72.6 Å². The number of aryl methyl sites for hydroxylation is 1. The first kappa shape index (κ1) is 15.5. The van der Waals surface area contributed by atoms with Gasteiger partial charge < -0.3 is 14.9 Å². The number of benzene rings is 1. The van der Waals surface area contributed by atoms with Gasteiger partial charge in [0.2, 0.25) is 0 Å². The highest BCUT2D eigenvalue weighted by atomic mass is 35.5. The van der Waals surface area contributed by atoms with E-state index in [1.165, 1.54) is 11.8 Å². The number of nitrogen functional groups attached to an aromatic ring is 1. The monoisotopic (exact) mass is 343 g/mol. The number of halogens is 1. The van der Waals surface area contributed by atoms with Gasteiger partial charge in [-0.15, -0.1) is 0 Å². The van der Waals surface area contributed by atoms with E-state index in [4.69, 9.17) is 17.3 Å². The fraction of sp³-hybridized carbons (Fsp3) is 0.125. The van der Waals surface area contributed by atoms with Crippen LogP contribution >= 0.6 is 23.4 Å². The van der Waals surface area contributed by atoms with Crippen molar-refractivity contribution in [3.05, 3.63) is 59.3 Å². The Hall–Kier alpha value is -2.36. The molecule has 0 saturated heterocycles. The second kappa shape index (κ2) is 6.41. The fourth-order valence-corrected chi connectivity index (χ4v) is 3.29. The Kier molecular flexibility index (Phi) is 4.33. The SMILES string of the molecule is Cn1ccnc1Cn1c(C#N)cc(N)c1Sc1ccc(Cl)cc1. The summed E-state index contributed by atoms with van der Waals surface area (Å²) in [5.74, 6) is 0.857. The van der Waals surface area contributed by atoms with Gasteiger partial charge in [0.05, 0.1) is 12.2 Å². The predicted molar refractivity (Wildman–Crippen MR) is 91.4 cm³/mol. The summed E-state index contributed by atoms with van der Waals surface area (Å²) in [6, 6.07) is 11.4. The first-order chi connectivity index (χ1) is 11.1. The molecule has 0 aliphatic carbocycles. The molecule has 2 heterocycles. The molecule has 1 aromatic carbocycles. The Morgan fingerprint density at radius 2 is 2.09 bits per heavy atom. The van der Waals surface area contributed by atoms with Crippen molar-refractivity contribution in [3.8, 4) is 6.07 Å². The normalized spacial score (nSPS) is 10.7. The maximum Gasteiger partial charge on any atom is 0.128 e. The number of nitrogens with two attached hydrogens (primary N) is 1. The number of hydrogen-bond acceptors (Lipinski definition) is 4. The lowest BCUT2D eigenvalue weighted by Crippen LogP contribution is -2.08. The molecule has 0 spiro atoms. The van der Waals surface area contributed by atoms with Gasteiger partial charge in [0.25, 0.3) is 0 Å². The molecule has 0 atom stereocenters. The minimum atomic E-state index is 0.486. The van der Waals surface area contributed by atoms with Crippen LogP contribution in [0.15, 0.2) is 52.6 Å². The average Bonchev–Trinajstić information content (AvgIpc) is 3.07. The van der Waals surface area contributed by atoms with Crippen LogP contribution in [0.2, 0.25) is 5.02 Å². The van der Waals surface area contributed by atoms with Crippen LogP contribution in [0.1, 0.15) is 11.5 Å².